The molecule has 44 heavy (non-hydrogen) atoms. The van der Waals surface area contributed by atoms with E-state index in [-0.39, 0.29) is 43.6 Å². The van der Waals surface area contributed by atoms with Crippen molar-refractivity contribution < 1.29 is 38.6 Å². The van der Waals surface area contributed by atoms with E-state index in [2.05, 4.69) is 10.6 Å². The molecule has 0 aliphatic carbocycles. The summed E-state index contributed by atoms with van der Waals surface area (Å²) >= 11 is 0. The van der Waals surface area contributed by atoms with Crippen LogP contribution in [0.1, 0.15) is 164 Å². The summed E-state index contributed by atoms with van der Waals surface area (Å²) < 4.78 is 10.8. The summed E-state index contributed by atoms with van der Waals surface area (Å²) in [5.74, 6) is -2.30. The van der Waals surface area contributed by atoms with E-state index in [0.29, 0.717) is 12.8 Å². The van der Waals surface area contributed by atoms with Crippen molar-refractivity contribution in [2.45, 2.75) is 181 Å². The van der Waals surface area contributed by atoms with Crippen LogP contribution in [0.15, 0.2) is 0 Å². The Kier molecular flexibility index (Phi) is 22.3. The van der Waals surface area contributed by atoms with Crippen LogP contribution in [0.2, 0.25) is 0 Å². The molecular formula is C34H62N2O8. The highest BCUT2D eigenvalue weighted by Gasteiger charge is 2.27. The standard InChI is InChI=1S/C34H62N2O8/c1-33(2,3)43-31(41)22-20-18-16-14-12-10-8-7-9-11-13-15-17-19-21-29(38)36-27(32(42)44-34(4,5)6)23-24-28(37)35-26-25-30(39)40/h27H,7-26H2,1-6H3,(H,35,37)(H,36,38)(H,39,40)/t27-/m0/s1. The van der Waals surface area contributed by atoms with Gasteiger partial charge in [-0.2, -0.15) is 0 Å². The minimum atomic E-state index is -1.01. The molecule has 0 radical (unpaired) electrons. The van der Waals surface area contributed by atoms with Crippen molar-refractivity contribution in [2.24, 2.45) is 0 Å². The summed E-state index contributed by atoms with van der Waals surface area (Å²) in [6.07, 6.45) is 16.5. The molecule has 0 aromatic heterocycles. The fourth-order valence-corrected chi connectivity index (χ4v) is 4.63. The topological polar surface area (TPSA) is 148 Å². The number of rotatable bonds is 25. The molecule has 0 aliphatic heterocycles. The molecule has 0 saturated carbocycles. The lowest BCUT2D eigenvalue weighted by molar-refractivity contribution is -0.159. The van der Waals surface area contributed by atoms with Crippen molar-refractivity contribution in [2.75, 3.05) is 6.54 Å². The monoisotopic (exact) mass is 626 g/mol. The number of amides is 2. The van der Waals surface area contributed by atoms with Crippen LogP contribution in [0.5, 0.6) is 0 Å². The number of unbranched alkanes of at least 4 members (excludes halogenated alkanes) is 13. The third kappa shape index (κ3) is 28.1. The van der Waals surface area contributed by atoms with Crippen molar-refractivity contribution >= 4 is 29.7 Å². The Labute approximate surface area is 266 Å². The van der Waals surface area contributed by atoms with Gasteiger partial charge in [0.25, 0.3) is 0 Å². The number of nitrogens with one attached hydrogen (secondary N) is 2. The second kappa shape index (κ2) is 23.7. The molecule has 0 spiro atoms. The zero-order valence-corrected chi connectivity index (χ0v) is 28.5. The van der Waals surface area contributed by atoms with E-state index in [1.165, 1.54) is 51.4 Å². The summed E-state index contributed by atoms with van der Waals surface area (Å²) in [6, 6.07) is -0.934. The van der Waals surface area contributed by atoms with Gasteiger partial charge in [0.1, 0.15) is 17.2 Å². The van der Waals surface area contributed by atoms with Crippen LogP contribution in [0.3, 0.4) is 0 Å². The van der Waals surface area contributed by atoms with E-state index in [0.717, 1.165) is 38.5 Å². The number of carbonyl (C=O) groups is 5. The molecule has 0 heterocycles. The molecule has 0 aromatic rings. The predicted octanol–water partition coefficient (Wildman–Crippen LogP) is 6.77. The van der Waals surface area contributed by atoms with Crippen LogP contribution in [-0.2, 0) is 33.4 Å². The first kappa shape index (κ1) is 41.4. The molecule has 0 saturated heterocycles. The zero-order valence-electron chi connectivity index (χ0n) is 28.5. The van der Waals surface area contributed by atoms with E-state index in [4.69, 9.17) is 14.6 Å². The summed E-state index contributed by atoms with van der Waals surface area (Å²) in [5.41, 5.74) is -1.13. The van der Waals surface area contributed by atoms with Gasteiger partial charge in [-0.25, -0.2) is 4.79 Å². The highest BCUT2D eigenvalue weighted by atomic mass is 16.6. The van der Waals surface area contributed by atoms with Gasteiger partial charge in [0.2, 0.25) is 11.8 Å². The highest BCUT2D eigenvalue weighted by Crippen LogP contribution is 2.16. The smallest absolute Gasteiger partial charge is 0.329 e. The Morgan fingerprint density at radius 1 is 0.568 bits per heavy atom. The lowest BCUT2D eigenvalue weighted by Crippen LogP contribution is -2.44. The number of carboxylic acid groups (broad SMARTS) is 1. The largest absolute Gasteiger partial charge is 0.481 e. The van der Waals surface area contributed by atoms with E-state index >= 15 is 0 Å². The van der Waals surface area contributed by atoms with Gasteiger partial charge < -0.3 is 25.2 Å². The van der Waals surface area contributed by atoms with Gasteiger partial charge in [0.05, 0.1) is 6.42 Å². The molecule has 256 valence electrons. The van der Waals surface area contributed by atoms with Gasteiger partial charge in [-0.1, -0.05) is 77.0 Å². The maximum absolute atomic E-state index is 12.6. The Bertz CT molecular complexity index is 845. The molecule has 0 fully saturated rings. The van der Waals surface area contributed by atoms with Crippen molar-refractivity contribution in [1.82, 2.24) is 10.6 Å². The molecule has 1 atom stereocenters. The number of carboxylic acids is 1. The molecule has 0 bridgehead atoms. The summed E-state index contributed by atoms with van der Waals surface area (Å²) in [7, 11) is 0. The van der Waals surface area contributed by atoms with E-state index in [1.54, 1.807) is 20.8 Å². The number of ether oxygens (including phenoxy) is 2. The number of hydrogen-bond donors (Lipinski definition) is 3. The fourth-order valence-electron chi connectivity index (χ4n) is 4.63. The lowest BCUT2D eigenvalue weighted by atomic mass is 10.0. The van der Waals surface area contributed by atoms with Crippen molar-refractivity contribution in [1.29, 1.82) is 0 Å². The van der Waals surface area contributed by atoms with Crippen LogP contribution in [-0.4, -0.2) is 58.6 Å². The van der Waals surface area contributed by atoms with Crippen LogP contribution in [0.4, 0.5) is 0 Å². The minimum Gasteiger partial charge on any atom is -0.481 e. The number of carbonyl (C=O) groups excluding carboxylic acids is 4. The first-order valence-corrected chi connectivity index (χ1v) is 16.8. The second-order valence-electron chi connectivity index (χ2n) is 13.7. The molecule has 0 rings (SSSR count). The van der Waals surface area contributed by atoms with Gasteiger partial charge >= 0.3 is 17.9 Å². The zero-order chi connectivity index (χ0) is 33.4. The first-order chi connectivity index (χ1) is 20.6. The molecule has 3 N–H and O–H groups in total. The summed E-state index contributed by atoms with van der Waals surface area (Å²) in [5, 5.41) is 13.9. The highest BCUT2D eigenvalue weighted by molar-refractivity contribution is 5.85. The molecule has 10 nitrogen and oxygen atoms in total. The Morgan fingerprint density at radius 3 is 1.43 bits per heavy atom. The van der Waals surface area contributed by atoms with Gasteiger partial charge in [0.15, 0.2) is 0 Å². The van der Waals surface area contributed by atoms with Crippen LogP contribution in [0.25, 0.3) is 0 Å². The average molecular weight is 627 g/mol. The molecule has 0 aliphatic rings. The fraction of sp³-hybridized carbons (Fsp3) is 0.853. The third-order valence-corrected chi connectivity index (χ3v) is 6.80. The maximum Gasteiger partial charge on any atom is 0.329 e. The van der Waals surface area contributed by atoms with Gasteiger partial charge in [-0.15, -0.1) is 0 Å². The number of aliphatic carboxylic acids is 1. The van der Waals surface area contributed by atoms with Gasteiger partial charge in [0, 0.05) is 25.8 Å². The van der Waals surface area contributed by atoms with E-state index in [1.807, 2.05) is 20.8 Å². The first-order valence-electron chi connectivity index (χ1n) is 16.8. The van der Waals surface area contributed by atoms with Crippen LogP contribution < -0.4 is 10.6 Å². The quantitative estimate of drug-likeness (QED) is 0.0743. The Morgan fingerprint density at radius 2 is 1.00 bits per heavy atom. The van der Waals surface area contributed by atoms with Crippen molar-refractivity contribution in [3.05, 3.63) is 0 Å². The SMILES string of the molecule is CC(C)(C)OC(=O)CCCCCCCCCCCCCCCCC(=O)N[C@@H](CCC(=O)NCCC(=O)O)C(=O)OC(C)(C)C. The average Bonchev–Trinajstić information content (AvgIpc) is 2.88. The van der Waals surface area contributed by atoms with Crippen LogP contribution >= 0.6 is 0 Å². The molecular weight excluding hydrogens is 564 g/mol. The van der Waals surface area contributed by atoms with E-state index in [9.17, 15) is 24.0 Å². The van der Waals surface area contributed by atoms with Crippen LogP contribution in [0, 0.1) is 0 Å². The summed E-state index contributed by atoms with van der Waals surface area (Å²) in [4.78, 5) is 59.5. The maximum atomic E-state index is 12.6. The summed E-state index contributed by atoms with van der Waals surface area (Å²) in [6.45, 7) is 10.9. The number of hydrogen-bond acceptors (Lipinski definition) is 7. The number of esters is 2. The van der Waals surface area contributed by atoms with Crippen molar-refractivity contribution in [3.8, 4) is 0 Å². The Hall–Kier alpha value is -2.65. The van der Waals surface area contributed by atoms with Crippen molar-refractivity contribution in [3.63, 3.8) is 0 Å². The molecule has 2 amide bonds. The lowest BCUT2D eigenvalue weighted by Gasteiger charge is -2.24. The van der Waals surface area contributed by atoms with Gasteiger partial charge in [-0.05, 0) is 60.8 Å². The van der Waals surface area contributed by atoms with E-state index < -0.39 is 29.2 Å². The molecule has 10 heteroatoms. The minimum absolute atomic E-state index is 0.0125. The molecule has 0 unspecified atom stereocenters. The Balaban J connectivity index is 3.94. The third-order valence-electron chi connectivity index (χ3n) is 6.80. The predicted molar refractivity (Wildman–Crippen MR) is 172 cm³/mol. The second-order valence-corrected chi connectivity index (χ2v) is 13.7. The van der Waals surface area contributed by atoms with Gasteiger partial charge in [-0.3, -0.25) is 19.2 Å². The normalized spacial score (nSPS) is 12.3. The molecule has 0 aromatic carbocycles.